The van der Waals surface area contributed by atoms with Gasteiger partial charge in [0, 0.05) is 5.02 Å². The number of nitrogens with zero attached hydrogens (tertiary/aromatic N) is 2. The van der Waals surface area contributed by atoms with Gasteiger partial charge >= 0.3 is 7.75 Å². The lowest BCUT2D eigenvalue weighted by atomic mass is 10.3. The number of rotatable bonds is 3. The van der Waals surface area contributed by atoms with Crippen molar-refractivity contribution >= 4 is 54.1 Å². The summed E-state index contributed by atoms with van der Waals surface area (Å²) in [6.45, 7) is 0. The zero-order valence-corrected chi connectivity index (χ0v) is 13.5. The fraction of sp³-hybridized carbons (Fsp3) is 0. The molecule has 1 heterocycles. The van der Waals surface area contributed by atoms with Gasteiger partial charge in [0.25, 0.3) is 5.91 Å². The van der Waals surface area contributed by atoms with Gasteiger partial charge in [0.15, 0.2) is 16.7 Å². The number of halogens is 4. The Morgan fingerprint density at radius 1 is 1.32 bits per heavy atom. The molecule has 0 spiro atoms. The van der Waals surface area contributed by atoms with Crippen LogP contribution in [0.5, 0.6) is 0 Å². The lowest BCUT2D eigenvalue weighted by Gasteiger charge is -2.06. The fourth-order valence-electron chi connectivity index (χ4n) is 1.46. The highest BCUT2D eigenvalue weighted by Gasteiger charge is 2.30. The maximum atomic E-state index is 13.8. The molecule has 0 bridgehead atoms. The van der Waals surface area contributed by atoms with Crippen LogP contribution in [0.4, 0.5) is 10.1 Å². The third-order valence-electron chi connectivity index (χ3n) is 2.40. The number of anilines is 1. The van der Waals surface area contributed by atoms with Crippen molar-refractivity contribution in [2.24, 2.45) is 0 Å². The Morgan fingerprint density at radius 2 is 1.95 bits per heavy atom. The number of carbonyl (C=O) groups is 1. The second kappa shape index (κ2) is 6.16. The Balaban J connectivity index is 2.36. The van der Waals surface area contributed by atoms with Gasteiger partial charge in [-0.3, -0.25) is 4.79 Å². The van der Waals surface area contributed by atoms with Gasteiger partial charge in [-0.1, -0.05) is 34.8 Å². The van der Waals surface area contributed by atoms with Gasteiger partial charge in [-0.15, -0.1) is 0 Å². The Morgan fingerprint density at radius 3 is 2.45 bits per heavy atom. The summed E-state index contributed by atoms with van der Waals surface area (Å²) in [7, 11) is -4.99. The van der Waals surface area contributed by atoms with Crippen LogP contribution in [0.15, 0.2) is 18.2 Å². The molecule has 1 aromatic heterocycles. The van der Waals surface area contributed by atoms with Crippen LogP contribution in [0.2, 0.25) is 15.2 Å². The lowest BCUT2D eigenvalue weighted by molar-refractivity contribution is 0.101. The SMILES string of the molecule is O=C(Nc1ccc(Cl)cc1Cl)c1nn(P(=O)(O)O)c(Cl)c1F. The molecule has 0 fully saturated rings. The molecule has 0 unspecified atom stereocenters. The van der Waals surface area contributed by atoms with E-state index in [4.69, 9.17) is 44.6 Å². The van der Waals surface area contributed by atoms with E-state index < -0.39 is 30.3 Å². The number of hydrogen-bond acceptors (Lipinski definition) is 3. The van der Waals surface area contributed by atoms with Crippen molar-refractivity contribution in [1.29, 1.82) is 0 Å². The zero-order chi connectivity index (χ0) is 16.7. The molecule has 12 heteroatoms. The molecule has 1 amide bonds. The molecule has 0 atom stereocenters. The third-order valence-corrected chi connectivity index (χ3v) is 4.18. The molecule has 0 radical (unpaired) electrons. The van der Waals surface area contributed by atoms with E-state index in [-0.39, 0.29) is 15.2 Å². The van der Waals surface area contributed by atoms with Crippen LogP contribution in [0.3, 0.4) is 0 Å². The number of nitrogens with one attached hydrogen (secondary N) is 1. The summed E-state index contributed by atoms with van der Waals surface area (Å²) in [5, 5.41) is 4.84. The Bertz CT molecular complexity index is 807. The monoisotopic (exact) mass is 387 g/mol. The van der Waals surface area contributed by atoms with Crippen molar-refractivity contribution < 1.29 is 23.5 Å². The molecule has 2 rings (SSSR count). The number of carbonyl (C=O) groups excluding carboxylic acids is 1. The minimum absolute atomic E-state index is 0.0811. The first kappa shape index (κ1) is 17.2. The van der Waals surface area contributed by atoms with Crippen LogP contribution in [0.25, 0.3) is 0 Å². The van der Waals surface area contributed by atoms with Crippen LogP contribution in [-0.4, -0.2) is 25.2 Å². The molecule has 7 nitrogen and oxygen atoms in total. The molecule has 0 saturated carbocycles. The summed E-state index contributed by atoms with van der Waals surface area (Å²) in [6.07, 6.45) is 0. The number of aromatic nitrogens is 2. The molecule has 0 aliphatic heterocycles. The lowest BCUT2D eigenvalue weighted by Crippen LogP contribution is -2.14. The summed E-state index contributed by atoms with van der Waals surface area (Å²) in [6, 6.07) is 4.14. The normalized spacial score (nSPS) is 11.5. The molecule has 3 N–H and O–H groups in total. The summed E-state index contributed by atoms with van der Waals surface area (Å²) in [5.74, 6) is -2.46. The van der Waals surface area contributed by atoms with E-state index in [2.05, 4.69) is 10.4 Å². The molecule has 1 aromatic carbocycles. The number of hydrogen-bond donors (Lipinski definition) is 3. The molecule has 22 heavy (non-hydrogen) atoms. The number of benzene rings is 1. The van der Waals surface area contributed by atoms with Gasteiger partial charge in [0.2, 0.25) is 0 Å². The van der Waals surface area contributed by atoms with Crippen molar-refractivity contribution in [3.05, 3.63) is 44.9 Å². The summed E-state index contributed by atoms with van der Waals surface area (Å²) in [4.78, 5) is 29.8. The molecule has 0 saturated heterocycles. The molecular weight excluding hydrogens is 382 g/mol. The van der Waals surface area contributed by atoms with Crippen molar-refractivity contribution in [2.75, 3.05) is 5.32 Å². The van der Waals surface area contributed by atoms with Gasteiger partial charge in [0.1, 0.15) is 0 Å². The highest BCUT2D eigenvalue weighted by Crippen LogP contribution is 2.40. The van der Waals surface area contributed by atoms with Gasteiger partial charge in [-0.25, -0.2) is 8.96 Å². The first-order valence-electron chi connectivity index (χ1n) is 5.38. The second-order valence-corrected chi connectivity index (χ2v) is 6.54. The predicted octanol–water partition coefficient (Wildman–Crippen LogP) is 3.18. The number of amides is 1. The van der Waals surface area contributed by atoms with Crippen molar-refractivity contribution in [3.8, 4) is 0 Å². The molecule has 0 aliphatic carbocycles. The molecule has 0 aliphatic rings. The average molecular weight is 389 g/mol. The molecular formula is C10H6Cl3FN3O4P. The van der Waals surface area contributed by atoms with Crippen LogP contribution in [0, 0.1) is 5.82 Å². The minimum Gasteiger partial charge on any atom is -0.319 e. The van der Waals surface area contributed by atoms with E-state index in [1.807, 2.05) is 0 Å². The van der Waals surface area contributed by atoms with Crippen LogP contribution in [0.1, 0.15) is 10.5 Å². The van der Waals surface area contributed by atoms with Crippen LogP contribution < -0.4 is 5.32 Å². The van der Waals surface area contributed by atoms with Crippen molar-refractivity contribution in [1.82, 2.24) is 9.55 Å². The summed E-state index contributed by atoms with van der Waals surface area (Å²) < 4.78 is 24.8. The first-order valence-corrected chi connectivity index (χ1v) is 8.08. The van der Waals surface area contributed by atoms with Crippen molar-refractivity contribution in [2.45, 2.75) is 0 Å². The first-order chi connectivity index (χ1) is 10.1. The fourth-order valence-corrected chi connectivity index (χ4v) is 2.86. The van der Waals surface area contributed by atoms with E-state index in [0.717, 1.165) is 0 Å². The smallest absolute Gasteiger partial charge is 0.319 e. The standard InChI is InChI=1S/C10H6Cl3FN3O4P/c11-4-1-2-6(5(12)3-4)15-10(18)8-7(14)9(13)17(16-8)22(19,20)21/h1-3H,(H,15,18)(H2,19,20,21). The molecule has 2 aromatic rings. The maximum absolute atomic E-state index is 13.8. The summed E-state index contributed by atoms with van der Waals surface area (Å²) in [5.41, 5.74) is -0.781. The van der Waals surface area contributed by atoms with E-state index in [9.17, 15) is 13.8 Å². The topological polar surface area (TPSA) is 104 Å². The minimum atomic E-state index is -4.99. The zero-order valence-electron chi connectivity index (χ0n) is 10.3. The van der Waals surface area contributed by atoms with Gasteiger partial charge in [0.05, 0.1) is 10.7 Å². The van der Waals surface area contributed by atoms with Crippen LogP contribution in [-0.2, 0) is 4.57 Å². The van der Waals surface area contributed by atoms with E-state index in [1.54, 1.807) is 0 Å². The Hall–Kier alpha value is -1.15. The summed E-state index contributed by atoms with van der Waals surface area (Å²) >= 11 is 16.9. The predicted molar refractivity (Wildman–Crippen MR) is 79.1 cm³/mol. The average Bonchev–Trinajstić information content (AvgIpc) is 2.69. The van der Waals surface area contributed by atoms with Crippen molar-refractivity contribution in [3.63, 3.8) is 0 Å². The van der Waals surface area contributed by atoms with E-state index >= 15 is 0 Å². The second-order valence-electron chi connectivity index (χ2n) is 3.93. The van der Waals surface area contributed by atoms with Gasteiger partial charge in [-0.2, -0.15) is 9.55 Å². The highest BCUT2D eigenvalue weighted by atomic mass is 35.5. The van der Waals surface area contributed by atoms with E-state index in [1.165, 1.54) is 18.2 Å². The third kappa shape index (κ3) is 3.43. The Kier molecular flexibility index (Phi) is 4.81. The Labute approximate surface area is 137 Å². The highest BCUT2D eigenvalue weighted by molar-refractivity contribution is 7.50. The quantitative estimate of drug-likeness (QED) is 0.701. The maximum Gasteiger partial charge on any atom is 0.451 e. The van der Waals surface area contributed by atoms with E-state index in [0.29, 0.717) is 5.02 Å². The largest absolute Gasteiger partial charge is 0.451 e. The molecule has 118 valence electrons. The van der Waals surface area contributed by atoms with Crippen LogP contribution >= 0.6 is 42.5 Å². The van der Waals surface area contributed by atoms with Gasteiger partial charge in [-0.05, 0) is 18.2 Å². The van der Waals surface area contributed by atoms with Gasteiger partial charge < -0.3 is 15.1 Å².